The summed E-state index contributed by atoms with van der Waals surface area (Å²) in [6, 6.07) is -0.233. The summed E-state index contributed by atoms with van der Waals surface area (Å²) >= 11 is 1.05. The molecule has 0 amide bonds. The van der Waals surface area contributed by atoms with E-state index in [-0.39, 0.29) is 36.1 Å². The number of Topliss-reactive ketones (excluding diaryl/α,β-unsaturated/α-hetero) is 1. The normalized spacial score (nSPS) is 45.0. The molecule has 2 N–H and O–H groups in total. The summed E-state index contributed by atoms with van der Waals surface area (Å²) in [4.78, 5) is 42.0. The fourth-order valence-electron chi connectivity index (χ4n) is 8.05. The highest BCUT2D eigenvalue weighted by Gasteiger charge is 2.56. The van der Waals surface area contributed by atoms with Crippen LogP contribution in [0.4, 0.5) is 0 Å². The average molecular weight is 686 g/mol. The van der Waals surface area contributed by atoms with E-state index < -0.39 is 77.5 Å². The summed E-state index contributed by atoms with van der Waals surface area (Å²) in [6.07, 6.45) is -3.86. The number of aliphatic hydroxyl groups is 2. The number of carbonyl (C=O) groups excluding carboxylic acids is 3. The van der Waals surface area contributed by atoms with Crippen molar-refractivity contribution < 1.29 is 48.3 Å². The van der Waals surface area contributed by atoms with Crippen LogP contribution in [0.25, 0.3) is 0 Å². The number of aliphatic hydroxyl groups excluding tert-OH is 2. The number of carbonyl (C=O) groups is 3. The van der Waals surface area contributed by atoms with Gasteiger partial charge < -0.3 is 38.8 Å². The Hall–Kier alpha value is -1.38. The Bertz CT molecular complexity index is 1150. The zero-order valence-corrected chi connectivity index (χ0v) is 31.2. The number of methoxy groups -OCH3 is 1. The van der Waals surface area contributed by atoms with E-state index >= 15 is 0 Å². The molecule has 0 aliphatic carbocycles. The number of fused-ring (bicyclic) bond motifs is 1. The highest BCUT2D eigenvalue weighted by molar-refractivity contribution is 8.16. The smallest absolute Gasteiger partial charge is 0.311 e. The van der Waals surface area contributed by atoms with Gasteiger partial charge in [0.1, 0.15) is 23.6 Å². The Balaban J connectivity index is 2.13. The third-order valence-electron chi connectivity index (χ3n) is 10.9. The van der Waals surface area contributed by atoms with Gasteiger partial charge in [-0.3, -0.25) is 14.4 Å². The lowest BCUT2D eigenvalue weighted by molar-refractivity contribution is -0.301. The molecule has 3 saturated heterocycles. The van der Waals surface area contributed by atoms with Crippen LogP contribution in [0.1, 0.15) is 81.6 Å². The molecule has 3 heterocycles. The first kappa shape index (κ1) is 40.1. The minimum absolute atomic E-state index is 0.0393. The molecule has 0 aromatic carbocycles. The molecule has 14 atom stereocenters. The van der Waals surface area contributed by atoms with Gasteiger partial charge in [0.15, 0.2) is 11.4 Å². The van der Waals surface area contributed by atoms with E-state index in [4.69, 9.17) is 23.7 Å². The van der Waals surface area contributed by atoms with Crippen molar-refractivity contribution in [1.82, 2.24) is 4.90 Å². The summed E-state index contributed by atoms with van der Waals surface area (Å²) in [5, 5.41) is 24.8. The molecule has 0 saturated carbocycles. The highest BCUT2D eigenvalue weighted by atomic mass is 32.2. The Morgan fingerprint density at radius 2 is 1.72 bits per heavy atom. The van der Waals surface area contributed by atoms with E-state index in [1.807, 2.05) is 60.5 Å². The van der Waals surface area contributed by atoms with Gasteiger partial charge in [0.05, 0.1) is 36.4 Å². The van der Waals surface area contributed by atoms with Gasteiger partial charge in [-0.25, -0.2) is 0 Å². The second-order valence-corrected chi connectivity index (χ2v) is 15.7. The van der Waals surface area contributed by atoms with E-state index in [0.29, 0.717) is 12.8 Å². The van der Waals surface area contributed by atoms with Crippen molar-refractivity contribution in [2.75, 3.05) is 27.8 Å². The standard InChI is InChI=1S/C35H59NO10S/c1-13-26-35(9)27(24(16-43-35)17-47-23(7)37)20(4)28(38)18(2)15-34(8,42-12)31(21(5)29(39)22(6)32(41)45-26)46-33-30(40)25(36(10)11)14-19(3)44-33/h17-22,25-27,29-31,33,39-40H,13-16H2,1-12H3/b24-17+/t18?,19-,20?,21+,22?,25+,26-,27-,29?,30-,31-,33+,34-,35-/m1/s1. The predicted octanol–water partition coefficient (Wildman–Crippen LogP) is 3.97. The highest BCUT2D eigenvalue weighted by Crippen LogP contribution is 2.48. The number of ketones is 1. The molecule has 11 nitrogen and oxygen atoms in total. The van der Waals surface area contributed by atoms with Gasteiger partial charge >= 0.3 is 5.97 Å². The molecule has 4 unspecified atom stereocenters. The fraction of sp³-hybridized carbons (Fsp3) is 0.857. The van der Waals surface area contributed by atoms with Gasteiger partial charge in [0.25, 0.3) is 0 Å². The largest absolute Gasteiger partial charge is 0.459 e. The Labute approximate surface area is 285 Å². The number of likely N-dealkylation sites (N-methyl/N-ethyl adjacent to an activating group) is 1. The van der Waals surface area contributed by atoms with Crippen LogP contribution in [0, 0.1) is 29.6 Å². The quantitative estimate of drug-likeness (QED) is 0.391. The van der Waals surface area contributed by atoms with Gasteiger partial charge in [-0.2, -0.15) is 0 Å². The van der Waals surface area contributed by atoms with Crippen molar-refractivity contribution in [3.63, 3.8) is 0 Å². The second-order valence-electron chi connectivity index (χ2n) is 14.7. The maximum Gasteiger partial charge on any atom is 0.311 e. The van der Waals surface area contributed by atoms with Crippen LogP contribution in [-0.4, -0.2) is 114 Å². The first-order valence-electron chi connectivity index (χ1n) is 17.0. The monoisotopic (exact) mass is 685 g/mol. The lowest BCUT2D eigenvalue weighted by atomic mass is 9.69. The van der Waals surface area contributed by atoms with Crippen LogP contribution in [0.15, 0.2) is 11.0 Å². The van der Waals surface area contributed by atoms with Gasteiger partial charge in [-0.15, -0.1) is 0 Å². The summed E-state index contributed by atoms with van der Waals surface area (Å²) in [7, 11) is 5.32. The molecule has 3 aliphatic rings. The molecule has 0 bridgehead atoms. The van der Waals surface area contributed by atoms with E-state index in [1.165, 1.54) is 14.0 Å². The molecule has 0 spiro atoms. The minimum atomic E-state index is -1.23. The molecule has 3 fully saturated rings. The van der Waals surface area contributed by atoms with Crippen molar-refractivity contribution >= 4 is 28.6 Å². The summed E-state index contributed by atoms with van der Waals surface area (Å²) in [6.45, 7) is 16.3. The van der Waals surface area contributed by atoms with E-state index in [0.717, 1.165) is 17.3 Å². The average Bonchev–Trinajstić information content (AvgIpc) is 3.36. The van der Waals surface area contributed by atoms with E-state index in [1.54, 1.807) is 19.3 Å². The summed E-state index contributed by atoms with van der Waals surface area (Å²) in [5.41, 5.74) is -1.40. The van der Waals surface area contributed by atoms with Gasteiger partial charge in [-0.1, -0.05) is 39.5 Å². The van der Waals surface area contributed by atoms with Crippen molar-refractivity contribution in [2.24, 2.45) is 29.6 Å². The Morgan fingerprint density at radius 1 is 1.09 bits per heavy atom. The first-order valence-corrected chi connectivity index (χ1v) is 17.8. The number of cyclic esters (lactones) is 1. The Morgan fingerprint density at radius 3 is 2.28 bits per heavy atom. The number of hydrogen-bond donors (Lipinski definition) is 2. The van der Waals surface area contributed by atoms with E-state index in [9.17, 15) is 24.6 Å². The molecule has 270 valence electrons. The molecule has 0 radical (unpaired) electrons. The van der Waals surface area contributed by atoms with Crippen molar-refractivity contribution in [1.29, 1.82) is 0 Å². The third-order valence-corrected chi connectivity index (χ3v) is 11.6. The summed E-state index contributed by atoms with van der Waals surface area (Å²) in [5.74, 6) is -3.86. The topological polar surface area (TPSA) is 141 Å². The summed E-state index contributed by atoms with van der Waals surface area (Å²) < 4.78 is 31.4. The van der Waals surface area contributed by atoms with Crippen LogP contribution in [0.5, 0.6) is 0 Å². The maximum atomic E-state index is 14.4. The van der Waals surface area contributed by atoms with Crippen LogP contribution < -0.4 is 0 Å². The van der Waals surface area contributed by atoms with Crippen LogP contribution in [-0.2, 0) is 38.1 Å². The zero-order chi connectivity index (χ0) is 35.6. The molecule has 3 rings (SSSR count). The van der Waals surface area contributed by atoms with Crippen molar-refractivity contribution in [3.8, 4) is 0 Å². The molecule has 0 aromatic rings. The number of rotatable bonds is 6. The SMILES string of the molecule is CC[C@H]1OC(=O)C(C)C(O)[C@H](C)[C@@H](O[C@@H]2O[C@H](C)C[C@H](N(C)C)[C@H]2O)[C@](C)(OC)CC(C)C(=O)C(C)[C@@H]2/C(=C/SC(C)=O)CO[C@]12C. The van der Waals surface area contributed by atoms with Crippen molar-refractivity contribution in [2.45, 2.75) is 136 Å². The second kappa shape index (κ2) is 16.1. The van der Waals surface area contributed by atoms with Gasteiger partial charge in [0, 0.05) is 43.7 Å². The number of hydrogen-bond acceptors (Lipinski definition) is 12. The maximum absolute atomic E-state index is 14.4. The fourth-order valence-corrected chi connectivity index (χ4v) is 8.58. The number of esters is 1. The van der Waals surface area contributed by atoms with Crippen molar-refractivity contribution in [3.05, 3.63) is 11.0 Å². The van der Waals surface area contributed by atoms with Crippen LogP contribution in [0.3, 0.4) is 0 Å². The van der Waals surface area contributed by atoms with Gasteiger partial charge in [0.2, 0.25) is 0 Å². The molecular weight excluding hydrogens is 626 g/mol. The van der Waals surface area contributed by atoms with Gasteiger partial charge in [-0.05, 0) is 72.0 Å². The molecule has 12 heteroatoms. The lowest BCUT2D eigenvalue weighted by Gasteiger charge is -2.48. The lowest BCUT2D eigenvalue weighted by Crippen LogP contribution is -2.60. The van der Waals surface area contributed by atoms with Crippen LogP contribution in [0.2, 0.25) is 0 Å². The third kappa shape index (κ3) is 8.51. The van der Waals surface area contributed by atoms with Crippen LogP contribution >= 0.6 is 11.8 Å². The van der Waals surface area contributed by atoms with E-state index in [2.05, 4.69) is 0 Å². The minimum Gasteiger partial charge on any atom is -0.459 e. The number of nitrogens with zero attached hydrogens (tertiary/aromatic N) is 1. The molecule has 0 aromatic heterocycles. The zero-order valence-electron chi connectivity index (χ0n) is 30.3. The molecule has 3 aliphatic heterocycles. The first-order chi connectivity index (χ1) is 21.8. The molecular formula is C35H59NO10S. The molecule has 47 heavy (non-hydrogen) atoms. The number of ether oxygens (including phenoxy) is 5. The predicted molar refractivity (Wildman–Crippen MR) is 179 cm³/mol. The number of thioether (sulfide) groups is 1. The Kier molecular flexibility index (Phi) is 13.7.